The first-order valence-electron chi connectivity index (χ1n) is 14.6. The van der Waals surface area contributed by atoms with Crippen molar-refractivity contribution in [2.45, 2.75) is 130 Å². The number of carboxylic acids is 2. The van der Waals surface area contributed by atoms with Crippen molar-refractivity contribution in [2.24, 2.45) is 0 Å². The zero-order chi connectivity index (χ0) is 30.8. The Balaban J connectivity index is -0.000000688. The standard InChI is InChI=1S/2C14H26N2O4.Zn/c2*1-3-7-12(17)15-10-6-5-9-11(14(19)20)16-13(18)8-4-2;/h2*11H,3-10H2,1-2H3,(H,15,17)(H,16,18)(H,19,20);/t2*11-;/m00./s1. The molecule has 0 spiro atoms. The summed E-state index contributed by atoms with van der Waals surface area (Å²) in [6.07, 6.45) is 8.24. The molecule has 12 nitrogen and oxygen atoms in total. The molecule has 0 bridgehead atoms. The average molecular weight is 638 g/mol. The third-order valence-corrected chi connectivity index (χ3v) is 5.66. The van der Waals surface area contributed by atoms with E-state index < -0.39 is 24.0 Å². The maximum absolute atomic E-state index is 11.4. The van der Waals surface area contributed by atoms with Crippen LogP contribution in [0.5, 0.6) is 0 Å². The number of amides is 4. The van der Waals surface area contributed by atoms with Gasteiger partial charge < -0.3 is 31.5 Å². The number of unbranched alkanes of at least 4 members (excludes halogenated alkanes) is 2. The molecule has 0 aliphatic heterocycles. The first-order chi connectivity index (χ1) is 19.0. The summed E-state index contributed by atoms with van der Waals surface area (Å²) < 4.78 is 0. The van der Waals surface area contributed by atoms with Crippen molar-refractivity contribution in [3.8, 4) is 0 Å². The third-order valence-electron chi connectivity index (χ3n) is 5.66. The van der Waals surface area contributed by atoms with E-state index in [1.807, 2.05) is 27.7 Å². The van der Waals surface area contributed by atoms with Gasteiger partial charge in [0.05, 0.1) is 0 Å². The Kier molecular flexibility index (Phi) is 30.3. The van der Waals surface area contributed by atoms with E-state index in [-0.39, 0.29) is 43.1 Å². The Labute approximate surface area is 257 Å². The molecular weight excluding hydrogens is 586 g/mol. The second kappa shape index (κ2) is 29.0. The van der Waals surface area contributed by atoms with Gasteiger partial charge in [-0.15, -0.1) is 0 Å². The Morgan fingerprint density at radius 3 is 1.07 bits per heavy atom. The summed E-state index contributed by atoms with van der Waals surface area (Å²) >= 11 is 0. The van der Waals surface area contributed by atoms with Crippen LogP contribution in [-0.4, -0.2) is 71.0 Å². The molecule has 0 aromatic carbocycles. The fraction of sp³-hybridized carbons (Fsp3) is 0.786. The van der Waals surface area contributed by atoms with E-state index in [0.717, 1.165) is 12.8 Å². The zero-order valence-corrected chi connectivity index (χ0v) is 28.5. The summed E-state index contributed by atoms with van der Waals surface area (Å²) in [4.78, 5) is 67.2. The topological polar surface area (TPSA) is 191 Å². The second-order valence-electron chi connectivity index (χ2n) is 9.61. The van der Waals surface area contributed by atoms with Crippen molar-refractivity contribution in [1.29, 1.82) is 0 Å². The molecule has 0 saturated heterocycles. The van der Waals surface area contributed by atoms with Gasteiger partial charge in [0.15, 0.2) is 0 Å². The summed E-state index contributed by atoms with van der Waals surface area (Å²) in [5.41, 5.74) is 0. The van der Waals surface area contributed by atoms with Gasteiger partial charge in [-0.2, -0.15) is 0 Å². The van der Waals surface area contributed by atoms with E-state index in [2.05, 4.69) is 21.3 Å². The van der Waals surface area contributed by atoms with Crippen LogP contribution in [0, 0.1) is 0 Å². The van der Waals surface area contributed by atoms with Crippen molar-refractivity contribution in [3.63, 3.8) is 0 Å². The van der Waals surface area contributed by atoms with Crippen LogP contribution in [0.25, 0.3) is 0 Å². The number of carbonyl (C=O) groups is 6. The van der Waals surface area contributed by atoms with E-state index in [1.54, 1.807) is 0 Å². The molecule has 234 valence electrons. The molecule has 0 aromatic heterocycles. The van der Waals surface area contributed by atoms with Gasteiger partial charge >= 0.3 is 11.9 Å². The minimum Gasteiger partial charge on any atom is -0.480 e. The van der Waals surface area contributed by atoms with E-state index in [1.165, 1.54) is 0 Å². The molecule has 0 rings (SSSR count). The van der Waals surface area contributed by atoms with Crippen LogP contribution in [0.4, 0.5) is 0 Å². The molecule has 0 fully saturated rings. The Bertz CT molecular complexity index is 705. The third kappa shape index (κ3) is 27.4. The quantitative estimate of drug-likeness (QED) is 0.0771. The predicted octanol–water partition coefficient (Wildman–Crippen LogP) is 2.88. The largest absolute Gasteiger partial charge is 0.480 e. The van der Waals surface area contributed by atoms with Crippen molar-refractivity contribution in [3.05, 3.63) is 0 Å². The minimum atomic E-state index is -1.01. The van der Waals surface area contributed by atoms with Crippen molar-refractivity contribution in [1.82, 2.24) is 21.3 Å². The maximum atomic E-state index is 11.4. The monoisotopic (exact) mass is 636 g/mol. The molecule has 0 aromatic rings. The molecule has 0 saturated carbocycles. The van der Waals surface area contributed by atoms with E-state index in [4.69, 9.17) is 10.2 Å². The van der Waals surface area contributed by atoms with Gasteiger partial charge in [-0.3, -0.25) is 19.2 Å². The van der Waals surface area contributed by atoms with E-state index in [0.29, 0.717) is 90.1 Å². The van der Waals surface area contributed by atoms with Crippen LogP contribution < -0.4 is 21.3 Å². The molecule has 0 heterocycles. The van der Waals surface area contributed by atoms with Crippen LogP contribution >= 0.6 is 0 Å². The molecule has 0 radical (unpaired) electrons. The summed E-state index contributed by atoms with van der Waals surface area (Å²) in [5.74, 6) is -2.42. The van der Waals surface area contributed by atoms with Gasteiger partial charge in [0.2, 0.25) is 23.6 Å². The Morgan fingerprint density at radius 1 is 0.512 bits per heavy atom. The van der Waals surface area contributed by atoms with Gasteiger partial charge in [-0.1, -0.05) is 27.7 Å². The number of rotatable bonds is 22. The average Bonchev–Trinajstić information content (AvgIpc) is 2.87. The molecule has 13 heteroatoms. The van der Waals surface area contributed by atoms with Crippen LogP contribution in [0.3, 0.4) is 0 Å². The van der Waals surface area contributed by atoms with Crippen LogP contribution in [0.1, 0.15) is 118 Å². The molecule has 2 atom stereocenters. The molecule has 0 unspecified atom stereocenters. The van der Waals surface area contributed by atoms with Crippen molar-refractivity contribution >= 4 is 35.6 Å². The van der Waals surface area contributed by atoms with Gasteiger partial charge in [-0.25, -0.2) is 9.59 Å². The predicted molar refractivity (Wildman–Crippen MR) is 152 cm³/mol. The maximum Gasteiger partial charge on any atom is 0.326 e. The summed E-state index contributed by atoms with van der Waals surface area (Å²) in [6.45, 7) is 8.72. The fourth-order valence-corrected chi connectivity index (χ4v) is 3.54. The minimum absolute atomic E-state index is 0. The molecular formula is C28H52N4O8Zn. The molecule has 41 heavy (non-hydrogen) atoms. The summed E-state index contributed by atoms with van der Waals surface area (Å²) in [5, 5.41) is 28.6. The first kappa shape index (κ1) is 42.9. The fourth-order valence-electron chi connectivity index (χ4n) is 3.54. The SMILES string of the molecule is CCCC(=O)NCCCC[C@H](NC(=O)CCC)C(=O)O.CCCC(=O)NCCCC[C@H](NC(=O)CCC)C(=O)O.[Zn]. The Morgan fingerprint density at radius 2 is 0.805 bits per heavy atom. The van der Waals surface area contributed by atoms with Gasteiger partial charge in [0, 0.05) is 58.3 Å². The van der Waals surface area contributed by atoms with Gasteiger partial charge in [0.1, 0.15) is 12.1 Å². The zero-order valence-electron chi connectivity index (χ0n) is 25.5. The number of carboxylic acid groups (broad SMARTS) is 2. The van der Waals surface area contributed by atoms with Crippen LogP contribution in [-0.2, 0) is 48.2 Å². The van der Waals surface area contributed by atoms with E-state index in [9.17, 15) is 28.8 Å². The number of carbonyl (C=O) groups excluding carboxylic acids is 4. The normalized spacial score (nSPS) is 11.4. The van der Waals surface area contributed by atoms with Crippen molar-refractivity contribution in [2.75, 3.05) is 13.1 Å². The number of hydrogen-bond acceptors (Lipinski definition) is 6. The molecule has 6 N–H and O–H groups in total. The second-order valence-corrected chi connectivity index (χ2v) is 9.61. The number of nitrogens with one attached hydrogen (secondary N) is 4. The van der Waals surface area contributed by atoms with Gasteiger partial charge in [0.25, 0.3) is 0 Å². The Hall–Kier alpha value is -2.56. The molecule has 4 amide bonds. The first-order valence-corrected chi connectivity index (χ1v) is 14.6. The van der Waals surface area contributed by atoms with Gasteiger partial charge in [-0.05, 0) is 64.2 Å². The summed E-state index contributed by atoms with van der Waals surface area (Å²) in [6, 6.07) is -1.67. The number of aliphatic carboxylic acids is 2. The molecule has 0 aliphatic rings. The smallest absolute Gasteiger partial charge is 0.326 e. The number of hydrogen-bond donors (Lipinski definition) is 6. The van der Waals surface area contributed by atoms with Crippen LogP contribution in [0.2, 0.25) is 0 Å². The van der Waals surface area contributed by atoms with Crippen LogP contribution in [0.15, 0.2) is 0 Å². The van der Waals surface area contributed by atoms with E-state index >= 15 is 0 Å². The summed E-state index contributed by atoms with van der Waals surface area (Å²) in [7, 11) is 0. The molecule has 0 aliphatic carbocycles. The van der Waals surface area contributed by atoms with Crippen molar-refractivity contribution < 1.29 is 58.5 Å².